The van der Waals surface area contributed by atoms with E-state index in [-0.39, 0.29) is 12.3 Å². The number of aryl methyl sites for hydroxylation is 1. The minimum atomic E-state index is -0.511. The van der Waals surface area contributed by atoms with E-state index in [9.17, 15) is 9.59 Å². The number of nitrogens with one attached hydrogen (secondary N) is 2. The van der Waals surface area contributed by atoms with Crippen LogP contribution in [-0.2, 0) is 11.3 Å². The molecule has 0 unspecified atom stereocenters. The van der Waals surface area contributed by atoms with E-state index >= 15 is 0 Å². The van der Waals surface area contributed by atoms with Crippen LogP contribution in [0, 0.1) is 6.92 Å². The van der Waals surface area contributed by atoms with Crippen LogP contribution in [0.3, 0.4) is 0 Å². The molecule has 12 heteroatoms. The van der Waals surface area contributed by atoms with Crippen molar-refractivity contribution in [2.75, 3.05) is 31.2 Å². The second kappa shape index (κ2) is 10.3. The Morgan fingerprint density at radius 1 is 1.16 bits per heavy atom. The zero-order valence-electron chi connectivity index (χ0n) is 17.1. The Labute approximate surface area is 197 Å². The number of carbonyl (C=O) groups excluding carboxylic acids is 2. The van der Waals surface area contributed by atoms with E-state index < -0.39 is 11.8 Å². The summed E-state index contributed by atoms with van der Waals surface area (Å²) in [6.07, 6.45) is 0. The van der Waals surface area contributed by atoms with Crippen molar-refractivity contribution >= 4 is 51.2 Å². The Kier molecular flexibility index (Phi) is 7.20. The van der Waals surface area contributed by atoms with Gasteiger partial charge in [-0.05, 0) is 31.2 Å². The van der Waals surface area contributed by atoms with Crippen LogP contribution in [-0.4, -0.2) is 48.1 Å². The van der Waals surface area contributed by atoms with Gasteiger partial charge in [0.25, 0.3) is 11.8 Å². The van der Waals surface area contributed by atoms with Crippen LogP contribution in [0.15, 0.2) is 29.6 Å². The van der Waals surface area contributed by atoms with Crippen molar-refractivity contribution in [2.24, 2.45) is 0 Å². The van der Waals surface area contributed by atoms with Gasteiger partial charge in [0.2, 0.25) is 0 Å². The summed E-state index contributed by atoms with van der Waals surface area (Å²) in [5.74, 6) is -0.281. The molecule has 168 valence electrons. The molecular weight excluding hydrogens is 474 g/mol. The molecule has 9 nitrogen and oxygen atoms in total. The quantitative estimate of drug-likeness (QED) is 0.508. The lowest BCUT2D eigenvalue weighted by atomic mass is 10.3. The molecule has 1 aliphatic rings. The van der Waals surface area contributed by atoms with Crippen LogP contribution in [0.1, 0.15) is 30.9 Å². The van der Waals surface area contributed by atoms with Gasteiger partial charge in [-0.2, -0.15) is 0 Å². The minimum absolute atomic E-state index is 0.194. The van der Waals surface area contributed by atoms with Crippen molar-refractivity contribution in [3.8, 4) is 5.75 Å². The third-order valence-corrected chi connectivity index (χ3v) is 6.81. The van der Waals surface area contributed by atoms with Crippen molar-refractivity contribution in [1.29, 1.82) is 0 Å². The van der Waals surface area contributed by atoms with Crippen LogP contribution in [0.5, 0.6) is 5.75 Å². The molecule has 4 rings (SSSR count). The van der Waals surface area contributed by atoms with Gasteiger partial charge in [0.05, 0.1) is 18.9 Å². The lowest BCUT2D eigenvalue weighted by Gasteiger charge is -2.25. The van der Waals surface area contributed by atoms with Crippen LogP contribution in [0.25, 0.3) is 0 Å². The maximum atomic E-state index is 12.5. The van der Waals surface area contributed by atoms with Gasteiger partial charge < -0.3 is 14.4 Å². The second-order valence-electron chi connectivity index (χ2n) is 6.79. The fourth-order valence-corrected chi connectivity index (χ4v) is 4.70. The maximum absolute atomic E-state index is 12.5. The number of amides is 2. The number of rotatable bonds is 6. The molecule has 1 fully saturated rings. The highest BCUT2D eigenvalue weighted by molar-refractivity contribution is 7.17. The Hall–Kier alpha value is -2.73. The Balaban J connectivity index is 1.29. The zero-order chi connectivity index (χ0) is 22.5. The smallest absolute Gasteiger partial charge is 0.289 e. The molecule has 1 saturated heterocycles. The number of hydrazine groups is 1. The number of anilines is 1. The van der Waals surface area contributed by atoms with E-state index in [0.29, 0.717) is 39.6 Å². The average Bonchev–Trinajstić information content (AvgIpc) is 3.44. The first kappa shape index (κ1) is 22.5. The molecule has 2 aromatic heterocycles. The number of carbonyl (C=O) groups is 2. The summed E-state index contributed by atoms with van der Waals surface area (Å²) in [6.45, 7) is 4.73. The summed E-state index contributed by atoms with van der Waals surface area (Å²) in [7, 11) is 0. The number of thiazole rings is 2. The number of benzene rings is 1. The summed E-state index contributed by atoms with van der Waals surface area (Å²) in [5.41, 5.74) is 5.64. The lowest BCUT2D eigenvalue weighted by Crippen LogP contribution is -2.41. The summed E-state index contributed by atoms with van der Waals surface area (Å²) in [4.78, 5) is 36.2. The fraction of sp³-hybridized carbons (Fsp3) is 0.300. The van der Waals surface area contributed by atoms with E-state index in [2.05, 4.69) is 25.7 Å². The first-order chi connectivity index (χ1) is 15.5. The Bertz CT molecular complexity index is 1100. The van der Waals surface area contributed by atoms with Gasteiger partial charge >= 0.3 is 0 Å². The van der Waals surface area contributed by atoms with Crippen LogP contribution >= 0.6 is 34.3 Å². The number of nitrogens with zero attached hydrogens (tertiary/aromatic N) is 3. The molecule has 32 heavy (non-hydrogen) atoms. The molecule has 0 aliphatic carbocycles. The van der Waals surface area contributed by atoms with Crippen molar-refractivity contribution in [1.82, 2.24) is 20.8 Å². The molecule has 1 aromatic carbocycles. The number of hydrogen-bond donors (Lipinski definition) is 2. The van der Waals surface area contributed by atoms with E-state index in [1.165, 1.54) is 22.7 Å². The first-order valence-electron chi connectivity index (χ1n) is 9.73. The molecule has 1 aliphatic heterocycles. The molecular formula is C20H20ClN5O4S2. The Morgan fingerprint density at radius 3 is 2.62 bits per heavy atom. The Morgan fingerprint density at radius 2 is 1.88 bits per heavy atom. The summed E-state index contributed by atoms with van der Waals surface area (Å²) in [5, 5.41) is 3.63. The summed E-state index contributed by atoms with van der Waals surface area (Å²) < 4.78 is 11.0. The van der Waals surface area contributed by atoms with Gasteiger partial charge in [-0.3, -0.25) is 20.4 Å². The highest BCUT2D eigenvalue weighted by Crippen LogP contribution is 2.26. The van der Waals surface area contributed by atoms with Crippen molar-refractivity contribution < 1.29 is 19.1 Å². The summed E-state index contributed by atoms with van der Waals surface area (Å²) in [6, 6.07) is 6.97. The average molecular weight is 494 g/mol. The molecule has 3 aromatic rings. The van der Waals surface area contributed by atoms with Crippen LogP contribution < -0.4 is 20.5 Å². The minimum Gasteiger partial charge on any atom is -0.486 e. The van der Waals surface area contributed by atoms with Crippen molar-refractivity contribution in [3.05, 3.63) is 55.9 Å². The highest BCUT2D eigenvalue weighted by Gasteiger charge is 2.21. The molecule has 0 atom stereocenters. The largest absolute Gasteiger partial charge is 0.486 e. The molecule has 2 amide bonds. The van der Waals surface area contributed by atoms with Gasteiger partial charge in [-0.25, -0.2) is 9.97 Å². The van der Waals surface area contributed by atoms with Gasteiger partial charge in [0.1, 0.15) is 27.9 Å². The normalized spacial score (nSPS) is 13.6. The van der Waals surface area contributed by atoms with Gasteiger partial charge in [0, 0.05) is 23.5 Å². The van der Waals surface area contributed by atoms with E-state index in [0.717, 1.165) is 18.2 Å². The zero-order valence-corrected chi connectivity index (χ0v) is 19.5. The second-order valence-corrected chi connectivity index (χ2v) is 9.14. The third kappa shape index (κ3) is 5.54. The first-order valence-corrected chi connectivity index (χ1v) is 11.8. The topological polar surface area (TPSA) is 106 Å². The highest BCUT2D eigenvalue weighted by atomic mass is 35.5. The number of hydrogen-bond acceptors (Lipinski definition) is 9. The van der Waals surface area contributed by atoms with Gasteiger partial charge in [0.15, 0.2) is 5.13 Å². The number of ether oxygens (including phenoxy) is 2. The predicted octanol–water partition coefficient (Wildman–Crippen LogP) is 3.05. The molecule has 0 radical (unpaired) electrons. The number of morpholine rings is 1. The fourth-order valence-electron chi connectivity index (χ4n) is 2.87. The van der Waals surface area contributed by atoms with E-state index in [1.807, 2.05) is 0 Å². The molecule has 2 N–H and O–H groups in total. The monoisotopic (exact) mass is 493 g/mol. The maximum Gasteiger partial charge on any atom is 0.289 e. The molecule has 0 saturated carbocycles. The number of halogens is 1. The third-order valence-electron chi connectivity index (χ3n) is 4.52. The number of aromatic nitrogens is 2. The van der Waals surface area contributed by atoms with E-state index in [1.54, 1.807) is 36.6 Å². The molecule has 0 bridgehead atoms. The van der Waals surface area contributed by atoms with Gasteiger partial charge in [-0.1, -0.05) is 22.9 Å². The van der Waals surface area contributed by atoms with Crippen molar-refractivity contribution in [2.45, 2.75) is 13.5 Å². The van der Waals surface area contributed by atoms with E-state index in [4.69, 9.17) is 21.1 Å². The SMILES string of the molecule is Cc1nc(N2CCOCC2)sc1C(=O)NNC(=O)c1csc(COc2ccc(Cl)cc2)n1. The van der Waals surface area contributed by atoms with Crippen LogP contribution in [0.4, 0.5) is 5.13 Å². The molecule has 3 heterocycles. The molecule has 0 spiro atoms. The predicted molar refractivity (Wildman–Crippen MR) is 123 cm³/mol. The van der Waals surface area contributed by atoms with Crippen molar-refractivity contribution in [3.63, 3.8) is 0 Å². The standard InChI is InChI=1S/C20H20ClN5O4S2/c1-12-17(32-20(22-12)26-6-8-29-9-7-26)19(28)25-24-18(27)15-11-31-16(23-15)10-30-14-4-2-13(21)3-5-14/h2-5,11H,6-10H2,1H3,(H,24,27)(H,25,28). The summed E-state index contributed by atoms with van der Waals surface area (Å²) >= 11 is 8.44. The van der Waals surface area contributed by atoms with Gasteiger partial charge in [-0.15, -0.1) is 11.3 Å². The van der Waals surface area contributed by atoms with Crippen LogP contribution in [0.2, 0.25) is 5.02 Å². The lowest BCUT2D eigenvalue weighted by molar-refractivity contribution is 0.0846.